The standard InChI is InChI=1S/C17H17NO4/c19-12-4-3-7-17(20)14-10-8-13(9-11-14)15-5-1-2-6-16(15)18(21)22/h1-2,5-6,8-11,19H,3-4,7,12H2. The highest BCUT2D eigenvalue weighted by Crippen LogP contribution is 2.29. The Kier molecular flexibility index (Phi) is 5.38. The van der Waals surface area contributed by atoms with E-state index in [0.29, 0.717) is 36.0 Å². The summed E-state index contributed by atoms with van der Waals surface area (Å²) < 4.78 is 0. The predicted octanol–water partition coefficient (Wildman–Crippen LogP) is 3.61. The van der Waals surface area contributed by atoms with Crippen LogP contribution in [0.15, 0.2) is 48.5 Å². The Hall–Kier alpha value is -2.53. The van der Waals surface area contributed by atoms with Gasteiger partial charge >= 0.3 is 0 Å². The fourth-order valence-corrected chi connectivity index (χ4v) is 2.25. The van der Waals surface area contributed by atoms with Crippen LogP contribution in [0.5, 0.6) is 0 Å². The second-order valence-corrected chi connectivity index (χ2v) is 4.96. The quantitative estimate of drug-likeness (QED) is 0.366. The molecule has 5 heteroatoms. The lowest BCUT2D eigenvalue weighted by Gasteiger charge is -2.05. The highest BCUT2D eigenvalue weighted by molar-refractivity contribution is 5.96. The predicted molar refractivity (Wildman–Crippen MR) is 83.8 cm³/mol. The molecule has 5 nitrogen and oxygen atoms in total. The van der Waals surface area contributed by atoms with E-state index >= 15 is 0 Å². The van der Waals surface area contributed by atoms with Crippen LogP contribution in [0, 0.1) is 10.1 Å². The monoisotopic (exact) mass is 299 g/mol. The van der Waals surface area contributed by atoms with Gasteiger partial charge in [-0.3, -0.25) is 14.9 Å². The first-order chi connectivity index (χ1) is 10.6. The number of aliphatic hydroxyl groups excluding tert-OH is 1. The van der Waals surface area contributed by atoms with Crippen molar-refractivity contribution in [2.75, 3.05) is 6.61 Å². The molecule has 0 bridgehead atoms. The third-order valence-electron chi connectivity index (χ3n) is 3.43. The number of aliphatic hydroxyl groups is 1. The number of para-hydroxylation sites is 1. The Balaban J connectivity index is 2.19. The minimum Gasteiger partial charge on any atom is -0.396 e. The lowest BCUT2D eigenvalue weighted by atomic mass is 9.99. The van der Waals surface area contributed by atoms with E-state index in [1.54, 1.807) is 42.5 Å². The van der Waals surface area contributed by atoms with Crippen molar-refractivity contribution in [1.29, 1.82) is 0 Å². The van der Waals surface area contributed by atoms with E-state index in [1.165, 1.54) is 6.07 Å². The molecule has 2 rings (SSSR count). The van der Waals surface area contributed by atoms with Crippen molar-refractivity contribution in [1.82, 2.24) is 0 Å². The van der Waals surface area contributed by atoms with Gasteiger partial charge in [-0.15, -0.1) is 0 Å². The van der Waals surface area contributed by atoms with Gasteiger partial charge in [0.25, 0.3) is 5.69 Å². The number of ketones is 1. The molecule has 0 unspecified atom stereocenters. The number of hydrogen-bond donors (Lipinski definition) is 1. The van der Waals surface area contributed by atoms with Crippen molar-refractivity contribution in [2.45, 2.75) is 19.3 Å². The Morgan fingerprint density at radius 1 is 1.05 bits per heavy atom. The van der Waals surface area contributed by atoms with Crippen LogP contribution in [0.4, 0.5) is 5.69 Å². The summed E-state index contributed by atoms with van der Waals surface area (Å²) in [5.41, 5.74) is 1.87. The van der Waals surface area contributed by atoms with Crippen molar-refractivity contribution in [2.24, 2.45) is 0 Å². The van der Waals surface area contributed by atoms with Crippen molar-refractivity contribution < 1.29 is 14.8 Å². The summed E-state index contributed by atoms with van der Waals surface area (Å²) in [5, 5.41) is 19.8. The van der Waals surface area contributed by atoms with E-state index in [9.17, 15) is 14.9 Å². The molecule has 0 spiro atoms. The number of nitro benzene ring substituents is 1. The number of hydrogen-bond acceptors (Lipinski definition) is 4. The van der Waals surface area contributed by atoms with E-state index in [1.807, 2.05) is 0 Å². The van der Waals surface area contributed by atoms with E-state index < -0.39 is 4.92 Å². The van der Waals surface area contributed by atoms with Crippen molar-refractivity contribution in [3.63, 3.8) is 0 Å². The largest absolute Gasteiger partial charge is 0.396 e. The molecule has 2 aromatic carbocycles. The van der Waals surface area contributed by atoms with E-state index in [4.69, 9.17) is 5.11 Å². The first-order valence-electron chi connectivity index (χ1n) is 7.11. The van der Waals surface area contributed by atoms with Crippen LogP contribution >= 0.6 is 0 Å². The molecule has 0 radical (unpaired) electrons. The molecule has 0 aliphatic rings. The fraction of sp³-hybridized carbons (Fsp3) is 0.235. The van der Waals surface area contributed by atoms with Crippen LogP contribution < -0.4 is 0 Å². The van der Waals surface area contributed by atoms with Crippen molar-refractivity contribution in [3.05, 3.63) is 64.2 Å². The maximum absolute atomic E-state index is 12.0. The minimum absolute atomic E-state index is 0.0163. The van der Waals surface area contributed by atoms with Gasteiger partial charge in [-0.2, -0.15) is 0 Å². The van der Waals surface area contributed by atoms with Crippen molar-refractivity contribution >= 4 is 11.5 Å². The average molecular weight is 299 g/mol. The lowest BCUT2D eigenvalue weighted by molar-refractivity contribution is -0.384. The topological polar surface area (TPSA) is 80.4 Å². The van der Waals surface area contributed by atoms with Gasteiger partial charge < -0.3 is 5.11 Å². The van der Waals surface area contributed by atoms with Crippen LogP contribution in [-0.2, 0) is 0 Å². The molecular formula is C17H17NO4. The number of carbonyl (C=O) groups is 1. The molecule has 0 saturated carbocycles. The first kappa shape index (κ1) is 15.9. The van der Waals surface area contributed by atoms with Gasteiger partial charge in [-0.1, -0.05) is 36.4 Å². The molecular weight excluding hydrogens is 282 g/mol. The molecule has 0 aromatic heterocycles. The molecule has 1 N–H and O–H groups in total. The first-order valence-corrected chi connectivity index (χ1v) is 7.11. The lowest BCUT2D eigenvalue weighted by Crippen LogP contribution is -1.99. The molecule has 114 valence electrons. The van der Waals surface area contributed by atoms with E-state index in [0.717, 1.165) is 0 Å². The molecule has 0 saturated heterocycles. The zero-order valence-corrected chi connectivity index (χ0v) is 12.1. The number of Topliss-reactive ketones (excluding diaryl/α,β-unsaturated/α-hetero) is 1. The summed E-state index contributed by atoms with van der Waals surface area (Å²) in [6, 6.07) is 13.3. The van der Waals surface area contributed by atoms with Crippen LogP contribution in [0.2, 0.25) is 0 Å². The fourth-order valence-electron chi connectivity index (χ4n) is 2.25. The third kappa shape index (κ3) is 3.77. The van der Waals surface area contributed by atoms with Gasteiger partial charge in [0, 0.05) is 24.7 Å². The van der Waals surface area contributed by atoms with Gasteiger partial charge in [-0.25, -0.2) is 0 Å². The molecule has 0 aliphatic carbocycles. The van der Waals surface area contributed by atoms with Gasteiger partial charge in [0.05, 0.1) is 10.5 Å². The number of nitrogens with zero attached hydrogens (tertiary/aromatic N) is 1. The maximum atomic E-state index is 12.0. The maximum Gasteiger partial charge on any atom is 0.277 e. The van der Waals surface area contributed by atoms with Crippen LogP contribution in [0.25, 0.3) is 11.1 Å². The number of benzene rings is 2. The number of carbonyl (C=O) groups excluding carboxylic acids is 1. The number of rotatable bonds is 7. The summed E-state index contributed by atoms with van der Waals surface area (Å²) in [5.74, 6) is 0.0163. The second-order valence-electron chi connectivity index (χ2n) is 4.96. The Bertz CT molecular complexity index is 665. The Labute approximate surface area is 128 Å². The highest BCUT2D eigenvalue weighted by atomic mass is 16.6. The molecule has 22 heavy (non-hydrogen) atoms. The Morgan fingerprint density at radius 2 is 1.73 bits per heavy atom. The normalized spacial score (nSPS) is 10.4. The minimum atomic E-state index is -0.413. The van der Waals surface area contributed by atoms with E-state index in [2.05, 4.69) is 0 Å². The number of nitro groups is 1. The summed E-state index contributed by atoms with van der Waals surface area (Å²) >= 11 is 0. The molecule has 0 heterocycles. The summed E-state index contributed by atoms with van der Waals surface area (Å²) in [6.45, 7) is 0.0872. The highest BCUT2D eigenvalue weighted by Gasteiger charge is 2.14. The Morgan fingerprint density at radius 3 is 2.36 bits per heavy atom. The second kappa shape index (κ2) is 7.47. The molecule has 0 fully saturated rings. The molecule has 0 amide bonds. The summed E-state index contributed by atoms with van der Waals surface area (Å²) in [4.78, 5) is 22.6. The average Bonchev–Trinajstić information content (AvgIpc) is 2.55. The summed E-state index contributed by atoms with van der Waals surface area (Å²) in [7, 11) is 0. The molecule has 0 aliphatic heterocycles. The smallest absolute Gasteiger partial charge is 0.277 e. The third-order valence-corrected chi connectivity index (χ3v) is 3.43. The molecule has 0 atom stereocenters. The van der Waals surface area contributed by atoms with Crippen LogP contribution in [0.1, 0.15) is 29.6 Å². The van der Waals surface area contributed by atoms with Gasteiger partial charge in [-0.05, 0) is 24.5 Å². The zero-order valence-electron chi connectivity index (χ0n) is 12.1. The van der Waals surface area contributed by atoms with Crippen molar-refractivity contribution in [3.8, 4) is 11.1 Å². The summed E-state index contributed by atoms with van der Waals surface area (Å²) in [6.07, 6.45) is 1.66. The SMILES string of the molecule is O=C(CCCCO)c1ccc(-c2ccccc2[N+](=O)[O-])cc1. The molecule has 2 aromatic rings. The van der Waals surface area contributed by atoms with Gasteiger partial charge in [0.2, 0.25) is 0 Å². The zero-order chi connectivity index (χ0) is 15.9. The van der Waals surface area contributed by atoms with Crippen LogP contribution in [-0.4, -0.2) is 22.4 Å². The van der Waals surface area contributed by atoms with Crippen LogP contribution in [0.3, 0.4) is 0 Å². The van der Waals surface area contributed by atoms with Gasteiger partial charge in [0.1, 0.15) is 0 Å². The number of unbranched alkanes of at least 4 members (excludes halogenated alkanes) is 1. The van der Waals surface area contributed by atoms with Gasteiger partial charge in [0.15, 0.2) is 5.78 Å². The van der Waals surface area contributed by atoms with E-state index in [-0.39, 0.29) is 18.1 Å².